The van der Waals surface area contributed by atoms with Crippen molar-refractivity contribution >= 4 is 23.6 Å². The van der Waals surface area contributed by atoms with Gasteiger partial charge in [-0.3, -0.25) is 10.1 Å². The normalized spacial score (nSPS) is 14.5. The van der Waals surface area contributed by atoms with Crippen molar-refractivity contribution in [2.75, 3.05) is 21.3 Å². The third-order valence-electron chi connectivity index (χ3n) is 3.97. The molecule has 1 heterocycles. The first-order valence-electron chi connectivity index (χ1n) is 8.04. The van der Waals surface area contributed by atoms with Crippen LogP contribution in [0.1, 0.15) is 11.1 Å². The molecule has 0 radical (unpaired) electrons. The van der Waals surface area contributed by atoms with Crippen molar-refractivity contribution in [1.82, 2.24) is 0 Å². The molecule has 0 saturated carbocycles. The summed E-state index contributed by atoms with van der Waals surface area (Å²) in [5, 5.41) is 10.7. The van der Waals surface area contributed by atoms with Crippen molar-refractivity contribution in [2.24, 2.45) is 4.99 Å². The largest absolute Gasteiger partial charge is 0.493 e. The molecule has 0 amide bonds. The van der Waals surface area contributed by atoms with Crippen LogP contribution in [0.2, 0.25) is 0 Å². The quantitative estimate of drug-likeness (QED) is 0.326. The van der Waals surface area contributed by atoms with Crippen LogP contribution in [-0.4, -0.2) is 38.1 Å². The number of rotatable bonds is 6. The Balaban J connectivity index is 1.98. The Hall–Kier alpha value is -3.88. The fourth-order valence-electron chi connectivity index (χ4n) is 2.64. The van der Waals surface area contributed by atoms with Gasteiger partial charge in [0.25, 0.3) is 5.69 Å². The molecule has 0 fully saturated rings. The molecule has 144 valence electrons. The van der Waals surface area contributed by atoms with E-state index in [9.17, 15) is 14.9 Å². The van der Waals surface area contributed by atoms with Gasteiger partial charge >= 0.3 is 5.97 Å². The second kappa shape index (κ2) is 7.78. The highest BCUT2D eigenvalue weighted by Crippen LogP contribution is 2.40. The van der Waals surface area contributed by atoms with Crippen LogP contribution in [0.15, 0.2) is 47.1 Å². The first-order valence-corrected chi connectivity index (χ1v) is 8.04. The number of esters is 1. The summed E-state index contributed by atoms with van der Waals surface area (Å²) < 4.78 is 21.1. The van der Waals surface area contributed by atoms with E-state index in [-0.39, 0.29) is 17.3 Å². The zero-order chi connectivity index (χ0) is 20.3. The van der Waals surface area contributed by atoms with Gasteiger partial charge in [0.2, 0.25) is 11.6 Å². The molecule has 2 aromatic rings. The number of nitro groups is 1. The second-order valence-electron chi connectivity index (χ2n) is 5.56. The van der Waals surface area contributed by atoms with Crippen LogP contribution in [-0.2, 0) is 9.53 Å². The van der Waals surface area contributed by atoms with E-state index >= 15 is 0 Å². The van der Waals surface area contributed by atoms with Crippen molar-refractivity contribution < 1.29 is 28.7 Å². The van der Waals surface area contributed by atoms with Crippen molar-refractivity contribution in [3.8, 4) is 17.2 Å². The summed E-state index contributed by atoms with van der Waals surface area (Å²) in [6.07, 6.45) is 1.50. The van der Waals surface area contributed by atoms with Gasteiger partial charge in [0.05, 0.1) is 26.3 Å². The molecule has 0 N–H and O–H groups in total. The van der Waals surface area contributed by atoms with Crippen molar-refractivity contribution in [2.45, 2.75) is 0 Å². The van der Waals surface area contributed by atoms with Crippen LogP contribution in [0, 0.1) is 10.1 Å². The Kier molecular flexibility index (Phi) is 5.25. The van der Waals surface area contributed by atoms with E-state index in [4.69, 9.17) is 18.9 Å². The lowest BCUT2D eigenvalue weighted by molar-refractivity contribution is -0.384. The van der Waals surface area contributed by atoms with Gasteiger partial charge in [0, 0.05) is 23.3 Å². The average molecular weight is 384 g/mol. The number of nitro benzene ring substituents is 1. The summed E-state index contributed by atoms with van der Waals surface area (Å²) in [6, 6.07) is 8.92. The molecule has 0 aromatic heterocycles. The molecule has 9 nitrogen and oxygen atoms in total. The predicted octanol–water partition coefficient (Wildman–Crippen LogP) is 2.97. The zero-order valence-electron chi connectivity index (χ0n) is 15.3. The third kappa shape index (κ3) is 3.50. The van der Waals surface area contributed by atoms with E-state index in [1.165, 1.54) is 51.7 Å². The first kappa shape index (κ1) is 18.9. The van der Waals surface area contributed by atoms with Crippen LogP contribution in [0.5, 0.6) is 17.2 Å². The van der Waals surface area contributed by atoms with Gasteiger partial charge in [-0.15, -0.1) is 0 Å². The summed E-state index contributed by atoms with van der Waals surface area (Å²) >= 11 is 0. The fourth-order valence-corrected chi connectivity index (χ4v) is 2.64. The number of benzene rings is 2. The average Bonchev–Trinajstić information content (AvgIpc) is 3.07. The molecule has 0 spiro atoms. The molecule has 28 heavy (non-hydrogen) atoms. The minimum Gasteiger partial charge on any atom is -0.493 e. The number of cyclic esters (lactones) is 1. The summed E-state index contributed by atoms with van der Waals surface area (Å²) in [7, 11) is 4.45. The van der Waals surface area contributed by atoms with E-state index in [2.05, 4.69) is 4.99 Å². The van der Waals surface area contributed by atoms with E-state index in [0.29, 0.717) is 28.4 Å². The van der Waals surface area contributed by atoms with E-state index in [1.807, 2.05) is 0 Å². The zero-order valence-corrected chi connectivity index (χ0v) is 15.3. The maximum atomic E-state index is 12.2. The number of aliphatic imine (C=N–C) groups is 1. The molecule has 0 bridgehead atoms. The topological polar surface area (TPSA) is 109 Å². The van der Waals surface area contributed by atoms with Crippen LogP contribution in [0.3, 0.4) is 0 Å². The van der Waals surface area contributed by atoms with Gasteiger partial charge in [-0.05, 0) is 30.3 Å². The molecule has 2 aromatic carbocycles. The smallest absolute Gasteiger partial charge is 0.363 e. The summed E-state index contributed by atoms with van der Waals surface area (Å²) in [6.45, 7) is 0. The second-order valence-corrected chi connectivity index (χ2v) is 5.56. The molecular weight excluding hydrogens is 368 g/mol. The van der Waals surface area contributed by atoms with Gasteiger partial charge in [-0.1, -0.05) is 0 Å². The van der Waals surface area contributed by atoms with Gasteiger partial charge in [0.15, 0.2) is 17.2 Å². The van der Waals surface area contributed by atoms with Crippen LogP contribution >= 0.6 is 0 Å². The number of non-ortho nitro benzene ring substituents is 1. The lowest BCUT2D eigenvalue weighted by Gasteiger charge is -2.14. The molecular formula is C19H16N2O7. The van der Waals surface area contributed by atoms with Gasteiger partial charge in [-0.25, -0.2) is 9.79 Å². The molecule has 0 atom stereocenters. The Bertz CT molecular complexity index is 994. The molecule has 0 saturated heterocycles. The number of carbonyl (C=O) groups is 1. The Labute approximate surface area is 160 Å². The van der Waals surface area contributed by atoms with Crippen molar-refractivity contribution in [3.05, 3.63) is 63.3 Å². The number of methoxy groups -OCH3 is 3. The van der Waals surface area contributed by atoms with Crippen LogP contribution < -0.4 is 14.2 Å². The number of ether oxygens (including phenoxy) is 4. The Morgan fingerprint density at radius 2 is 1.68 bits per heavy atom. The van der Waals surface area contributed by atoms with Gasteiger partial charge in [0.1, 0.15) is 0 Å². The Morgan fingerprint density at radius 3 is 2.25 bits per heavy atom. The van der Waals surface area contributed by atoms with Gasteiger partial charge in [-0.2, -0.15) is 0 Å². The lowest BCUT2D eigenvalue weighted by Crippen LogP contribution is -2.05. The standard InChI is InChI=1S/C19H16N2O7/c1-25-15-9-6-12(16(26-2)17(15)27-3)10-14-19(22)28-18(20-14)11-4-7-13(8-5-11)21(23)24/h4-10H,1-3H3. The summed E-state index contributed by atoms with van der Waals surface area (Å²) in [5.74, 6) is 0.646. The van der Waals surface area contributed by atoms with E-state index in [1.54, 1.807) is 12.1 Å². The van der Waals surface area contributed by atoms with Gasteiger partial charge < -0.3 is 18.9 Å². The van der Waals surface area contributed by atoms with E-state index in [0.717, 1.165) is 0 Å². The first-order chi connectivity index (χ1) is 13.5. The van der Waals surface area contributed by atoms with Crippen LogP contribution in [0.25, 0.3) is 6.08 Å². The third-order valence-corrected chi connectivity index (χ3v) is 3.97. The maximum Gasteiger partial charge on any atom is 0.363 e. The highest BCUT2D eigenvalue weighted by molar-refractivity contribution is 6.13. The molecule has 3 rings (SSSR count). The highest BCUT2D eigenvalue weighted by Gasteiger charge is 2.26. The van der Waals surface area contributed by atoms with Crippen molar-refractivity contribution in [1.29, 1.82) is 0 Å². The minimum absolute atomic E-state index is 0.0545. The monoisotopic (exact) mass is 384 g/mol. The van der Waals surface area contributed by atoms with E-state index < -0.39 is 10.9 Å². The van der Waals surface area contributed by atoms with Crippen LogP contribution in [0.4, 0.5) is 5.69 Å². The molecule has 1 aliphatic heterocycles. The molecule has 0 unspecified atom stereocenters. The highest BCUT2D eigenvalue weighted by atomic mass is 16.6. The van der Waals surface area contributed by atoms with Crippen molar-refractivity contribution in [3.63, 3.8) is 0 Å². The molecule has 1 aliphatic rings. The SMILES string of the molecule is COc1ccc(C=C2N=C(c3ccc([N+](=O)[O-])cc3)OC2=O)c(OC)c1OC. The Morgan fingerprint density at radius 1 is 1.00 bits per heavy atom. The maximum absolute atomic E-state index is 12.2. The number of hydrogen-bond acceptors (Lipinski definition) is 8. The summed E-state index contributed by atoms with van der Waals surface area (Å²) in [5.41, 5.74) is 0.973. The molecule has 0 aliphatic carbocycles. The number of hydrogen-bond donors (Lipinski definition) is 0. The lowest BCUT2D eigenvalue weighted by atomic mass is 10.1. The number of carbonyl (C=O) groups excluding carboxylic acids is 1. The predicted molar refractivity (Wildman–Crippen MR) is 99.8 cm³/mol. The fraction of sp³-hybridized carbons (Fsp3) is 0.158. The minimum atomic E-state index is -0.648. The number of nitrogens with zero attached hydrogens (tertiary/aromatic N) is 2. The molecule has 9 heteroatoms. The summed E-state index contributed by atoms with van der Waals surface area (Å²) in [4.78, 5) is 26.6.